The lowest BCUT2D eigenvalue weighted by Gasteiger charge is -2.06. The Balaban J connectivity index is 1.81. The number of rotatable bonds is 3. The lowest BCUT2D eigenvalue weighted by molar-refractivity contribution is 0.102. The summed E-state index contributed by atoms with van der Waals surface area (Å²) >= 11 is 5.81. The molecule has 0 aliphatic carbocycles. The second-order valence-electron chi connectivity index (χ2n) is 4.67. The maximum atomic E-state index is 12.2. The molecular formula is C16H12ClN3O2. The average molecular weight is 314 g/mol. The fourth-order valence-corrected chi connectivity index (χ4v) is 2.07. The topological polar surface area (TPSA) is 68.0 Å². The minimum atomic E-state index is -0.212. The number of hydrogen-bond donors (Lipinski definition) is 1. The number of aryl methyl sites for hydroxylation is 1. The lowest BCUT2D eigenvalue weighted by Crippen LogP contribution is -2.11. The van der Waals surface area contributed by atoms with E-state index < -0.39 is 0 Å². The van der Waals surface area contributed by atoms with Gasteiger partial charge in [0.15, 0.2) is 0 Å². The van der Waals surface area contributed by atoms with Gasteiger partial charge in [0, 0.05) is 28.8 Å². The molecule has 0 atom stereocenters. The Morgan fingerprint density at radius 2 is 1.91 bits per heavy atom. The van der Waals surface area contributed by atoms with Crippen LogP contribution in [0.25, 0.3) is 11.5 Å². The summed E-state index contributed by atoms with van der Waals surface area (Å²) in [5.41, 5.74) is 1.92. The number of carbonyl (C=O) groups is 1. The molecule has 1 amide bonds. The summed E-state index contributed by atoms with van der Waals surface area (Å²) in [7, 11) is 0. The predicted octanol–water partition coefficient (Wildman–Crippen LogP) is 3.95. The summed E-state index contributed by atoms with van der Waals surface area (Å²) in [4.78, 5) is 12.2. The van der Waals surface area contributed by atoms with Gasteiger partial charge in [-0.2, -0.15) is 0 Å². The number of aromatic nitrogens is 2. The van der Waals surface area contributed by atoms with Crippen molar-refractivity contribution in [1.29, 1.82) is 0 Å². The normalized spacial score (nSPS) is 10.5. The van der Waals surface area contributed by atoms with Crippen molar-refractivity contribution in [3.63, 3.8) is 0 Å². The highest BCUT2D eigenvalue weighted by Crippen LogP contribution is 2.22. The van der Waals surface area contributed by atoms with E-state index in [0.717, 1.165) is 5.56 Å². The Labute approximate surface area is 131 Å². The molecule has 5 nitrogen and oxygen atoms in total. The van der Waals surface area contributed by atoms with Crippen LogP contribution in [0.1, 0.15) is 16.2 Å². The van der Waals surface area contributed by atoms with E-state index in [1.807, 2.05) is 12.1 Å². The summed E-state index contributed by atoms with van der Waals surface area (Å²) in [5.74, 6) is 0.696. The number of nitrogens with one attached hydrogen (secondary N) is 1. The van der Waals surface area contributed by atoms with Crippen LogP contribution < -0.4 is 5.32 Å². The van der Waals surface area contributed by atoms with Crippen LogP contribution in [0, 0.1) is 6.92 Å². The van der Waals surface area contributed by atoms with Gasteiger partial charge in [0.05, 0.1) is 0 Å². The molecule has 0 bridgehead atoms. The average Bonchev–Trinajstić information content (AvgIpc) is 2.95. The first-order valence-corrected chi connectivity index (χ1v) is 6.97. The Hall–Kier alpha value is -2.66. The van der Waals surface area contributed by atoms with Crippen LogP contribution in [0.2, 0.25) is 5.02 Å². The molecule has 0 saturated heterocycles. The SMILES string of the molecule is Cc1nnc(-c2cccc(NC(=O)c3ccc(Cl)cc3)c2)o1. The van der Waals surface area contributed by atoms with Gasteiger partial charge < -0.3 is 9.73 Å². The number of benzene rings is 2. The second kappa shape index (κ2) is 5.99. The summed E-state index contributed by atoms with van der Waals surface area (Å²) in [6.07, 6.45) is 0. The standard InChI is InChI=1S/C16H12ClN3O2/c1-10-19-20-16(22-10)12-3-2-4-14(9-12)18-15(21)11-5-7-13(17)8-6-11/h2-9H,1H3,(H,18,21). The van der Waals surface area contributed by atoms with Crippen LogP contribution in [-0.4, -0.2) is 16.1 Å². The monoisotopic (exact) mass is 313 g/mol. The molecule has 22 heavy (non-hydrogen) atoms. The smallest absolute Gasteiger partial charge is 0.255 e. The second-order valence-corrected chi connectivity index (χ2v) is 5.10. The van der Waals surface area contributed by atoms with E-state index in [-0.39, 0.29) is 5.91 Å². The highest BCUT2D eigenvalue weighted by Gasteiger charge is 2.09. The molecule has 0 spiro atoms. The van der Waals surface area contributed by atoms with E-state index in [4.69, 9.17) is 16.0 Å². The molecule has 110 valence electrons. The van der Waals surface area contributed by atoms with Crippen LogP contribution in [-0.2, 0) is 0 Å². The largest absolute Gasteiger partial charge is 0.421 e. The molecule has 2 aromatic carbocycles. The molecule has 0 radical (unpaired) electrons. The summed E-state index contributed by atoms with van der Waals surface area (Å²) in [6.45, 7) is 1.72. The van der Waals surface area contributed by atoms with Gasteiger partial charge in [0.25, 0.3) is 5.91 Å². The molecule has 3 aromatic rings. The Bertz CT molecular complexity index is 812. The van der Waals surface area contributed by atoms with Crippen LogP contribution in [0.4, 0.5) is 5.69 Å². The van der Waals surface area contributed by atoms with E-state index in [9.17, 15) is 4.79 Å². The first kappa shape index (κ1) is 14.3. The van der Waals surface area contributed by atoms with E-state index >= 15 is 0 Å². The summed E-state index contributed by atoms with van der Waals surface area (Å²) in [6, 6.07) is 13.9. The van der Waals surface area contributed by atoms with Crippen molar-refractivity contribution < 1.29 is 9.21 Å². The Kier molecular flexibility index (Phi) is 3.89. The molecular weight excluding hydrogens is 302 g/mol. The third kappa shape index (κ3) is 3.15. The summed E-state index contributed by atoms with van der Waals surface area (Å²) in [5, 5.41) is 11.2. The number of anilines is 1. The van der Waals surface area contributed by atoms with Crippen LogP contribution in [0.3, 0.4) is 0 Å². The van der Waals surface area contributed by atoms with E-state index in [1.165, 1.54) is 0 Å². The Morgan fingerprint density at radius 1 is 1.14 bits per heavy atom. The highest BCUT2D eigenvalue weighted by atomic mass is 35.5. The number of amides is 1. The quantitative estimate of drug-likeness (QED) is 0.795. The van der Waals surface area contributed by atoms with Crippen molar-refractivity contribution in [2.24, 2.45) is 0 Å². The van der Waals surface area contributed by atoms with Gasteiger partial charge in [0.1, 0.15) is 0 Å². The first-order chi connectivity index (χ1) is 10.6. The van der Waals surface area contributed by atoms with E-state index in [2.05, 4.69) is 15.5 Å². The molecule has 0 unspecified atom stereocenters. The van der Waals surface area contributed by atoms with Crippen LogP contribution in [0.15, 0.2) is 52.9 Å². The van der Waals surface area contributed by atoms with E-state index in [1.54, 1.807) is 43.3 Å². The molecule has 0 aliphatic rings. The zero-order chi connectivity index (χ0) is 15.5. The molecule has 1 aromatic heterocycles. The van der Waals surface area contributed by atoms with Gasteiger partial charge in [-0.15, -0.1) is 10.2 Å². The van der Waals surface area contributed by atoms with E-state index in [0.29, 0.717) is 28.1 Å². The third-order valence-corrected chi connectivity index (χ3v) is 3.25. The fourth-order valence-electron chi connectivity index (χ4n) is 1.95. The van der Waals surface area contributed by atoms with Crippen molar-refractivity contribution >= 4 is 23.2 Å². The molecule has 1 N–H and O–H groups in total. The molecule has 3 rings (SSSR count). The number of carbonyl (C=O) groups excluding carboxylic acids is 1. The van der Waals surface area contributed by atoms with Gasteiger partial charge in [0.2, 0.25) is 11.8 Å². The predicted molar refractivity (Wildman–Crippen MR) is 83.9 cm³/mol. The zero-order valence-electron chi connectivity index (χ0n) is 11.7. The minimum Gasteiger partial charge on any atom is -0.421 e. The number of nitrogens with zero attached hydrogens (tertiary/aromatic N) is 2. The third-order valence-electron chi connectivity index (χ3n) is 3.00. The lowest BCUT2D eigenvalue weighted by atomic mass is 10.1. The molecule has 1 heterocycles. The first-order valence-electron chi connectivity index (χ1n) is 6.59. The molecule has 0 saturated carbocycles. The maximum Gasteiger partial charge on any atom is 0.255 e. The highest BCUT2D eigenvalue weighted by molar-refractivity contribution is 6.30. The number of halogens is 1. The summed E-state index contributed by atoms with van der Waals surface area (Å²) < 4.78 is 5.38. The molecule has 0 fully saturated rings. The van der Waals surface area contributed by atoms with Gasteiger partial charge >= 0.3 is 0 Å². The zero-order valence-corrected chi connectivity index (χ0v) is 12.5. The van der Waals surface area contributed by atoms with Crippen LogP contribution in [0.5, 0.6) is 0 Å². The fraction of sp³-hybridized carbons (Fsp3) is 0.0625. The van der Waals surface area contributed by atoms with Gasteiger partial charge in [-0.05, 0) is 42.5 Å². The van der Waals surface area contributed by atoms with Crippen molar-refractivity contribution in [2.75, 3.05) is 5.32 Å². The minimum absolute atomic E-state index is 0.212. The number of hydrogen-bond acceptors (Lipinski definition) is 4. The van der Waals surface area contributed by atoms with Gasteiger partial charge in [-0.25, -0.2) is 0 Å². The van der Waals surface area contributed by atoms with Crippen molar-refractivity contribution in [3.05, 3.63) is 65.0 Å². The van der Waals surface area contributed by atoms with Crippen molar-refractivity contribution in [2.45, 2.75) is 6.92 Å². The van der Waals surface area contributed by atoms with Gasteiger partial charge in [-0.3, -0.25) is 4.79 Å². The maximum absolute atomic E-state index is 12.2. The van der Waals surface area contributed by atoms with Gasteiger partial charge in [-0.1, -0.05) is 17.7 Å². The molecule has 0 aliphatic heterocycles. The molecule has 6 heteroatoms. The van der Waals surface area contributed by atoms with Crippen molar-refractivity contribution in [1.82, 2.24) is 10.2 Å². The van der Waals surface area contributed by atoms with Crippen LogP contribution >= 0.6 is 11.6 Å². The Morgan fingerprint density at radius 3 is 2.59 bits per heavy atom. The van der Waals surface area contributed by atoms with Crippen molar-refractivity contribution in [3.8, 4) is 11.5 Å².